The Balaban J connectivity index is 2.18. The lowest BCUT2D eigenvalue weighted by molar-refractivity contribution is 0.0661. The third-order valence-corrected chi connectivity index (χ3v) is 2.79. The number of aryl methyl sites for hydroxylation is 1. The molecular weight excluding hydrogens is 230 g/mol. The van der Waals surface area contributed by atoms with Crippen molar-refractivity contribution in [3.8, 4) is 0 Å². The molecule has 0 aliphatic rings. The number of furan rings is 1. The van der Waals surface area contributed by atoms with Gasteiger partial charge in [-0.15, -0.1) is 0 Å². The van der Waals surface area contributed by atoms with E-state index >= 15 is 0 Å². The predicted octanol–water partition coefficient (Wildman–Crippen LogP) is 2.92. The van der Waals surface area contributed by atoms with Gasteiger partial charge in [-0.3, -0.25) is 0 Å². The molecule has 2 aromatic rings. The third kappa shape index (κ3) is 2.53. The molecule has 1 N–H and O–H groups in total. The maximum Gasteiger partial charge on any atom is 0.372 e. The van der Waals surface area contributed by atoms with Crippen LogP contribution in [0.25, 0.3) is 0 Å². The second-order valence-electron chi connectivity index (χ2n) is 4.28. The van der Waals surface area contributed by atoms with Crippen LogP contribution in [0.4, 0.5) is 5.69 Å². The zero-order chi connectivity index (χ0) is 13.1. The molecule has 0 unspecified atom stereocenters. The van der Waals surface area contributed by atoms with E-state index in [9.17, 15) is 4.79 Å². The fourth-order valence-corrected chi connectivity index (χ4v) is 1.86. The molecule has 0 atom stereocenters. The van der Waals surface area contributed by atoms with E-state index in [2.05, 4.69) is 6.07 Å². The molecule has 0 fully saturated rings. The average Bonchev–Trinajstić information content (AvgIpc) is 2.77. The highest BCUT2D eigenvalue weighted by atomic mass is 16.4. The van der Waals surface area contributed by atoms with E-state index in [1.165, 1.54) is 11.8 Å². The first-order chi connectivity index (χ1) is 8.58. The van der Waals surface area contributed by atoms with Gasteiger partial charge < -0.3 is 14.4 Å². The summed E-state index contributed by atoms with van der Waals surface area (Å²) in [6.45, 7) is 2.53. The topological polar surface area (TPSA) is 53.7 Å². The summed E-state index contributed by atoms with van der Waals surface area (Å²) in [6, 6.07) is 9.75. The van der Waals surface area contributed by atoms with Crippen molar-refractivity contribution in [2.45, 2.75) is 13.5 Å². The summed E-state index contributed by atoms with van der Waals surface area (Å²) in [5.41, 5.74) is 2.89. The summed E-state index contributed by atoms with van der Waals surface area (Å²) in [6.07, 6.45) is 1.41. The number of anilines is 1. The zero-order valence-corrected chi connectivity index (χ0v) is 10.4. The fraction of sp³-hybridized carbons (Fsp3) is 0.214. The first-order valence-corrected chi connectivity index (χ1v) is 5.65. The lowest BCUT2D eigenvalue weighted by Crippen LogP contribution is -2.17. The van der Waals surface area contributed by atoms with Crippen LogP contribution in [0.5, 0.6) is 0 Å². The first-order valence-electron chi connectivity index (χ1n) is 5.65. The van der Waals surface area contributed by atoms with E-state index in [0.29, 0.717) is 12.1 Å². The summed E-state index contributed by atoms with van der Waals surface area (Å²) < 4.78 is 4.96. The fourth-order valence-electron chi connectivity index (χ4n) is 1.86. The Kier molecular flexibility index (Phi) is 3.37. The molecule has 0 aliphatic carbocycles. The van der Waals surface area contributed by atoms with Gasteiger partial charge in [0.2, 0.25) is 5.76 Å². The molecule has 0 amide bonds. The van der Waals surface area contributed by atoms with Crippen LogP contribution in [0.3, 0.4) is 0 Å². The van der Waals surface area contributed by atoms with Crippen LogP contribution >= 0.6 is 0 Å². The molecule has 0 saturated carbocycles. The van der Waals surface area contributed by atoms with Gasteiger partial charge in [-0.25, -0.2) is 4.79 Å². The van der Waals surface area contributed by atoms with Crippen molar-refractivity contribution in [1.29, 1.82) is 0 Å². The lowest BCUT2D eigenvalue weighted by atomic mass is 10.2. The molecule has 0 aliphatic heterocycles. The number of benzene rings is 1. The van der Waals surface area contributed by atoms with E-state index in [-0.39, 0.29) is 5.76 Å². The summed E-state index contributed by atoms with van der Waals surface area (Å²) in [7, 11) is 1.92. The lowest BCUT2D eigenvalue weighted by Gasteiger charge is -2.19. The van der Waals surface area contributed by atoms with Crippen LogP contribution < -0.4 is 4.90 Å². The Morgan fingerprint density at radius 2 is 2.17 bits per heavy atom. The van der Waals surface area contributed by atoms with E-state index in [4.69, 9.17) is 9.52 Å². The Morgan fingerprint density at radius 3 is 2.83 bits per heavy atom. The van der Waals surface area contributed by atoms with Gasteiger partial charge in [0.05, 0.1) is 6.26 Å². The monoisotopic (exact) mass is 245 g/mol. The van der Waals surface area contributed by atoms with Gasteiger partial charge >= 0.3 is 5.97 Å². The van der Waals surface area contributed by atoms with Crippen molar-refractivity contribution in [3.63, 3.8) is 0 Å². The van der Waals surface area contributed by atoms with Gasteiger partial charge in [0.1, 0.15) is 0 Å². The number of carboxylic acids is 1. The molecule has 0 radical (unpaired) electrons. The second-order valence-corrected chi connectivity index (χ2v) is 4.28. The average molecular weight is 245 g/mol. The Bertz CT molecular complexity index is 560. The molecule has 0 saturated heterocycles. The highest BCUT2D eigenvalue weighted by Crippen LogP contribution is 2.19. The summed E-state index contributed by atoms with van der Waals surface area (Å²) >= 11 is 0. The SMILES string of the molecule is Cc1cccc(N(C)Cc2ccoc2C(=O)O)c1. The van der Waals surface area contributed by atoms with E-state index < -0.39 is 5.97 Å². The number of hydrogen-bond acceptors (Lipinski definition) is 3. The number of rotatable bonds is 4. The van der Waals surface area contributed by atoms with Gasteiger partial charge in [0.15, 0.2) is 0 Å². The van der Waals surface area contributed by atoms with Gasteiger partial charge in [-0.05, 0) is 30.7 Å². The summed E-state index contributed by atoms with van der Waals surface area (Å²) in [4.78, 5) is 12.9. The number of nitrogens with zero attached hydrogens (tertiary/aromatic N) is 1. The van der Waals surface area contributed by atoms with Crippen LogP contribution in [0.1, 0.15) is 21.7 Å². The van der Waals surface area contributed by atoms with Crippen LogP contribution in [-0.4, -0.2) is 18.1 Å². The molecule has 18 heavy (non-hydrogen) atoms. The van der Waals surface area contributed by atoms with E-state index in [1.54, 1.807) is 6.07 Å². The van der Waals surface area contributed by atoms with Crippen LogP contribution in [0, 0.1) is 6.92 Å². The van der Waals surface area contributed by atoms with Crippen LogP contribution in [0.15, 0.2) is 41.0 Å². The van der Waals surface area contributed by atoms with Crippen LogP contribution in [-0.2, 0) is 6.54 Å². The molecule has 2 rings (SSSR count). The maximum atomic E-state index is 10.9. The number of carboxylic acid groups (broad SMARTS) is 1. The molecule has 0 bridgehead atoms. The quantitative estimate of drug-likeness (QED) is 0.899. The first kappa shape index (κ1) is 12.2. The van der Waals surface area contributed by atoms with Crippen molar-refractivity contribution in [3.05, 3.63) is 53.5 Å². The van der Waals surface area contributed by atoms with Gasteiger partial charge in [-0.2, -0.15) is 0 Å². The number of hydrogen-bond donors (Lipinski definition) is 1. The third-order valence-electron chi connectivity index (χ3n) is 2.79. The Morgan fingerprint density at radius 1 is 1.39 bits per heavy atom. The molecular formula is C14H15NO3. The Hall–Kier alpha value is -2.23. The van der Waals surface area contributed by atoms with Crippen molar-refractivity contribution in [2.24, 2.45) is 0 Å². The molecule has 0 spiro atoms. The van der Waals surface area contributed by atoms with Crippen LogP contribution in [0.2, 0.25) is 0 Å². The molecule has 1 heterocycles. The molecule has 1 aromatic carbocycles. The maximum absolute atomic E-state index is 10.9. The normalized spacial score (nSPS) is 10.3. The predicted molar refractivity (Wildman–Crippen MR) is 69.0 cm³/mol. The van der Waals surface area contributed by atoms with Crippen molar-refractivity contribution in [2.75, 3.05) is 11.9 Å². The highest BCUT2D eigenvalue weighted by Gasteiger charge is 2.15. The molecule has 4 nitrogen and oxygen atoms in total. The zero-order valence-electron chi connectivity index (χ0n) is 10.4. The van der Waals surface area contributed by atoms with Crippen molar-refractivity contribution in [1.82, 2.24) is 0 Å². The smallest absolute Gasteiger partial charge is 0.372 e. The minimum atomic E-state index is -1.03. The van der Waals surface area contributed by atoms with Gasteiger partial charge in [0.25, 0.3) is 0 Å². The van der Waals surface area contributed by atoms with Gasteiger partial charge in [-0.1, -0.05) is 12.1 Å². The standard InChI is InChI=1S/C14H15NO3/c1-10-4-3-5-12(8-10)15(2)9-11-6-7-18-13(11)14(16)17/h3-8H,9H2,1-2H3,(H,16,17). The summed E-state index contributed by atoms with van der Waals surface area (Å²) in [5, 5.41) is 8.97. The minimum Gasteiger partial charge on any atom is -0.475 e. The van der Waals surface area contributed by atoms with E-state index in [1.807, 2.05) is 37.1 Å². The number of carbonyl (C=O) groups is 1. The molecule has 1 aromatic heterocycles. The Labute approximate surface area is 105 Å². The van der Waals surface area contributed by atoms with Crippen molar-refractivity contribution < 1.29 is 14.3 Å². The van der Waals surface area contributed by atoms with Gasteiger partial charge in [0, 0.05) is 24.8 Å². The molecule has 4 heteroatoms. The number of aromatic carboxylic acids is 1. The van der Waals surface area contributed by atoms with Crippen molar-refractivity contribution >= 4 is 11.7 Å². The highest BCUT2D eigenvalue weighted by molar-refractivity contribution is 5.86. The molecule has 94 valence electrons. The van der Waals surface area contributed by atoms with E-state index in [0.717, 1.165) is 5.69 Å². The summed E-state index contributed by atoms with van der Waals surface area (Å²) in [5.74, 6) is -1.03. The largest absolute Gasteiger partial charge is 0.475 e. The minimum absolute atomic E-state index is 0.00880. The second kappa shape index (κ2) is 4.96.